The Hall–Kier alpha value is -3.00. The van der Waals surface area contributed by atoms with Gasteiger partial charge in [0, 0.05) is 19.2 Å². The summed E-state index contributed by atoms with van der Waals surface area (Å²) in [5.41, 5.74) is 2.01. The summed E-state index contributed by atoms with van der Waals surface area (Å²) < 4.78 is 32.0. The number of hydrogen-bond donors (Lipinski definition) is 1. The molecule has 0 bridgehead atoms. The molecular weight excluding hydrogens is 442 g/mol. The Morgan fingerprint density at radius 2 is 1.81 bits per heavy atom. The second-order valence-corrected chi connectivity index (χ2v) is 8.19. The summed E-state index contributed by atoms with van der Waals surface area (Å²) in [7, 11) is 0. The van der Waals surface area contributed by atoms with Crippen molar-refractivity contribution in [2.24, 2.45) is 5.92 Å². The average molecular weight is 465 g/mol. The largest absolute Gasteiger partial charge is 0.455 e. The van der Waals surface area contributed by atoms with Crippen LogP contribution in [0.3, 0.4) is 0 Å². The number of piperidine rings is 1. The molecule has 2 aromatic carbocycles. The van der Waals surface area contributed by atoms with E-state index in [1.165, 1.54) is 4.90 Å². The van der Waals surface area contributed by atoms with Crippen molar-refractivity contribution in [3.05, 3.63) is 63.7 Å². The molecule has 1 fully saturated rings. The number of benzene rings is 2. The van der Waals surface area contributed by atoms with E-state index in [2.05, 4.69) is 5.32 Å². The van der Waals surface area contributed by atoms with Crippen molar-refractivity contribution in [3.8, 4) is 0 Å². The summed E-state index contributed by atoms with van der Waals surface area (Å²) in [4.78, 5) is 38.4. The third kappa shape index (κ3) is 5.62. The van der Waals surface area contributed by atoms with Gasteiger partial charge in [-0.25, -0.2) is 8.78 Å². The topological polar surface area (TPSA) is 75.7 Å². The Labute approximate surface area is 189 Å². The van der Waals surface area contributed by atoms with Crippen LogP contribution in [0, 0.1) is 31.4 Å². The second-order valence-electron chi connectivity index (χ2n) is 7.79. The maximum atomic E-state index is 13.9. The minimum Gasteiger partial charge on any atom is -0.455 e. The number of ether oxygens (including phenoxy) is 1. The van der Waals surface area contributed by atoms with E-state index in [1.54, 1.807) is 6.07 Å². The number of esters is 1. The lowest BCUT2D eigenvalue weighted by Gasteiger charge is -2.31. The highest BCUT2D eigenvalue weighted by molar-refractivity contribution is 6.34. The predicted molar refractivity (Wildman–Crippen MR) is 116 cm³/mol. The Kier molecular flexibility index (Phi) is 7.45. The van der Waals surface area contributed by atoms with E-state index in [4.69, 9.17) is 16.3 Å². The predicted octanol–water partition coefficient (Wildman–Crippen LogP) is 4.27. The number of carbonyl (C=O) groups excluding carboxylic acids is 3. The normalized spacial score (nSPS) is 14.2. The van der Waals surface area contributed by atoms with Crippen LogP contribution in [0.5, 0.6) is 0 Å². The van der Waals surface area contributed by atoms with Gasteiger partial charge >= 0.3 is 5.97 Å². The van der Waals surface area contributed by atoms with Crippen molar-refractivity contribution in [1.82, 2.24) is 4.90 Å². The molecule has 0 radical (unpaired) electrons. The van der Waals surface area contributed by atoms with E-state index in [9.17, 15) is 23.2 Å². The lowest BCUT2D eigenvalue weighted by atomic mass is 9.96. The zero-order valence-corrected chi connectivity index (χ0v) is 18.5. The highest BCUT2D eigenvalue weighted by atomic mass is 35.5. The zero-order valence-electron chi connectivity index (χ0n) is 17.7. The molecule has 0 unspecified atom stereocenters. The first-order valence-corrected chi connectivity index (χ1v) is 10.5. The van der Waals surface area contributed by atoms with Crippen LogP contribution in [0.1, 0.15) is 34.3 Å². The number of halogens is 3. The van der Waals surface area contributed by atoms with Gasteiger partial charge in [-0.05, 0) is 56.0 Å². The van der Waals surface area contributed by atoms with Crippen LogP contribution >= 0.6 is 11.6 Å². The maximum absolute atomic E-state index is 13.9. The Balaban J connectivity index is 1.48. The molecule has 2 aromatic rings. The van der Waals surface area contributed by atoms with E-state index < -0.39 is 41.9 Å². The molecule has 6 nitrogen and oxygen atoms in total. The van der Waals surface area contributed by atoms with Crippen LogP contribution in [0.4, 0.5) is 14.5 Å². The van der Waals surface area contributed by atoms with Gasteiger partial charge < -0.3 is 15.0 Å². The first-order valence-electron chi connectivity index (χ1n) is 10.1. The van der Waals surface area contributed by atoms with E-state index in [0.717, 1.165) is 23.3 Å². The summed E-state index contributed by atoms with van der Waals surface area (Å²) >= 11 is 6.17. The van der Waals surface area contributed by atoms with E-state index >= 15 is 0 Å². The van der Waals surface area contributed by atoms with Crippen molar-refractivity contribution < 1.29 is 27.9 Å². The van der Waals surface area contributed by atoms with Gasteiger partial charge in [-0.15, -0.1) is 0 Å². The van der Waals surface area contributed by atoms with Gasteiger partial charge in [-0.3, -0.25) is 14.4 Å². The fourth-order valence-electron chi connectivity index (χ4n) is 3.66. The van der Waals surface area contributed by atoms with Gasteiger partial charge in [0.25, 0.3) is 11.8 Å². The molecule has 1 saturated heterocycles. The number of amides is 2. The first-order chi connectivity index (χ1) is 15.2. The summed E-state index contributed by atoms with van der Waals surface area (Å²) in [5.74, 6) is -3.76. The van der Waals surface area contributed by atoms with Gasteiger partial charge in [-0.2, -0.15) is 0 Å². The lowest BCUT2D eigenvalue weighted by molar-refractivity contribution is -0.152. The maximum Gasteiger partial charge on any atom is 0.309 e. The molecule has 170 valence electrons. The molecule has 3 rings (SSSR count). The Morgan fingerprint density at radius 3 is 2.44 bits per heavy atom. The number of carbonyl (C=O) groups is 3. The Morgan fingerprint density at radius 1 is 1.12 bits per heavy atom. The molecule has 1 heterocycles. The molecule has 2 amide bonds. The number of hydrogen-bond acceptors (Lipinski definition) is 4. The molecule has 0 spiro atoms. The van der Waals surface area contributed by atoms with Crippen LogP contribution < -0.4 is 5.32 Å². The Bertz CT molecular complexity index is 1030. The average Bonchev–Trinajstić information content (AvgIpc) is 2.74. The molecule has 0 saturated carbocycles. The third-order valence-electron chi connectivity index (χ3n) is 5.32. The van der Waals surface area contributed by atoms with Crippen molar-refractivity contribution >= 4 is 35.1 Å². The van der Waals surface area contributed by atoms with Crippen LogP contribution in [-0.4, -0.2) is 42.4 Å². The second kappa shape index (κ2) is 10.1. The molecule has 1 N–H and O–H groups in total. The highest BCUT2D eigenvalue weighted by Crippen LogP contribution is 2.27. The van der Waals surface area contributed by atoms with Crippen LogP contribution in [0.25, 0.3) is 0 Å². The number of rotatable bonds is 5. The molecule has 0 aliphatic carbocycles. The van der Waals surface area contributed by atoms with Crippen LogP contribution in [-0.2, 0) is 14.3 Å². The summed E-state index contributed by atoms with van der Waals surface area (Å²) in [6.07, 6.45) is 0.635. The van der Waals surface area contributed by atoms with Gasteiger partial charge in [0.15, 0.2) is 6.61 Å². The van der Waals surface area contributed by atoms with Gasteiger partial charge in [0.05, 0.1) is 22.2 Å². The van der Waals surface area contributed by atoms with Gasteiger partial charge in [0.2, 0.25) is 0 Å². The number of likely N-dealkylation sites (tertiary alicyclic amines) is 1. The summed E-state index contributed by atoms with van der Waals surface area (Å²) in [5, 5.41) is 3.05. The quantitative estimate of drug-likeness (QED) is 0.670. The molecule has 1 aliphatic heterocycles. The zero-order chi connectivity index (χ0) is 23.4. The lowest BCUT2D eigenvalue weighted by Crippen LogP contribution is -2.41. The molecule has 1 aliphatic rings. The van der Waals surface area contributed by atoms with E-state index in [-0.39, 0.29) is 18.7 Å². The summed E-state index contributed by atoms with van der Waals surface area (Å²) in [6.45, 7) is 3.69. The minimum absolute atomic E-state index is 0.214. The molecule has 32 heavy (non-hydrogen) atoms. The van der Waals surface area contributed by atoms with Crippen LogP contribution in [0.2, 0.25) is 5.02 Å². The van der Waals surface area contributed by atoms with Crippen molar-refractivity contribution in [2.45, 2.75) is 26.7 Å². The molecule has 0 atom stereocenters. The number of aryl methyl sites for hydroxylation is 2. The third-order valence-corrected chi connectivity index (χ3v) is 5.62. The molecular formula is C23H23ClF2N2O4. The smallest absolute Gasteiger partial charge is 0.309 e. The van der Waals surface area contributed by atoms with Gasteiger partial charge in [-0.1, -0.05) is 17.7 Å². The van der Waals surface area contributed by atoms with Crippen molar-refractivity contribution in [1.29, 1.82) is 0 Å². The minimum atomic E-state index is -0.925. The van der Waals surface area contributed by atoms with Gasteiger partial charge in [0.1, 0.15) is 11.6 Å². The molecule has 0 aromatic heterocycles. The fraction of sp³-hybridized carbons (Fsp3) is 0.348. The van der Waals surface area contributed by atoms with Crippen LogP contribution in [0.15, 0.2) is 30.3 Å². The SMILES string of the molecule is Cc1cc(C)c(NC(=O)COC(=O)C2CCN(C(=O)c3ccc(F)cc3F)CC2)c(Cl)c1. The summed E-state index contributed by atoms with van der Waals surface area (Å²) in [6, 6.07) is 6.39. The number of nitrogens with zero attached hydrogens (tertiary/aromatic N) is 1. The standard InChI is InChI=1S/C23H23ClF2N2O4/c1-13-9-14(2)21(18(24)10-13)27-20(29)12-32-23(31)15-5-7-28(8-6-15)22(30)17-4-3-16(25)11-19(17)26/h3-4,9-11,15H,5-8,12H2,1-2H3,(H,27,29). The highest BCUT2D eigenvalue weighted by Gasteiger charge is 2.30. The number of nitrogens with one attached hydrogen (secondary N) is 1. The van der Waals surface area contributed by atoms with Crippen molar-refractivity contribution in [3.63, 3.8) is 0 Å². The monoisotopic (exact) mass is 464 g/mol. The number of anilines is 1. The van der Waals surface area contributed by atoms with E-state index in [0.29, 0.717) is 29.6 Å². The van der Waals surface area contributed by atoms with E-state index in [1.807, 2.05) is 19.9 Å². The van der Waals surface area contributed by atoms with Crippen molar-refractivity contribution in [2.75, 3.05) is 25.0 Å². The first kappa shape index (κ1) is 23.7. The molecule has 9 heteroatoms. The fourth-order valence-corrected chi connectivity index (χ4v) is 4.02.